The van der Waals surface area contributed by atoms with E-state index in [-0.39, 0.29) is 0 Å². The zero-order chi connectivity index (χ0) is 27.1. The van der Waals surface area contributed by atoms with Gasteiger partial charge in [0.2, 0.25) is 0 Å². The third kappa shape index (κ3) is 3.13. The lowest BCUT2D eigenvalue weighted by atomic mass is 10.0. The number of anilines is 1. The van der Waals surface area contributed by atoms with Crippen LogP contribution in [0.2, 0.25) is 0 Å². The highest BCUT2D eigenvalue weighted by atomic mass is 15.1. The van der Waals surface area contributed by atoms with Crippen LogP contribution in [-0.4, -0.2) is 28.9 Å². The Labute approximate surface area is 237 Å². The van der Waals surface area contributed by atoms with Crippen LogP contribution in [0.4, 0.5) is 11.4 Å². The summed E-state index contributed by atoms with van der Waals surface area (Å²) in [5.74, 6) is 0. The minimum Gasteiger partial charge on any atom is -0.368 e. The highest BCUT2D eigenvalue weighted by Gasteiger charge is 2.20. The van der Waals surface area contributed by atoms with Crippen LogP contribution in [0, 0.1) is 0 Å². The van der Waals surface area contributed by atoms with Gasteiger partial charge in [-0.25, -0.2) is 0 Å². The van der Waals surface area contributed by atoms with Crippen molar-refractivity contribution in [2.24, 2.45) is 4.99 Å². The van der Waals surface area contributed by atoms with Gasteiger partial charge in [-0.15, -0.1) is 0 Å². The fourth-order valence-corrected chi connectivity index (χ4v) is 6.81. The Hall–Kier alpha value is -5.35. The van der Waals surface area contributed by atoms with E-state index in [4.69, 9.17) is 0 Å². The molecule has 194 valence electrons. The molecule has 0 bridgehead atoms. The van der Waals surface area contributed by atoms with Crippen LogP contribution in [-0.2, 0) is 0 Å². The van der Waals surface area contributed by atoms with E-state index in [0.717, 1.165) is 29.3 Å². The summed E-state index contributed by atoms with van der Waals surface area (Å²) < 4.78 is 4.84. The lowest BCUT2D eigenvalue weighted by Crippen LogP contribution is -2.22. The Kier molecular flexibility index (Phi) is 4.56. The van der Waals surface area contributed by atoms with E-state index in [9.17, 15) is 0 Å². The second-order valence-corrected chi connectivity index (χ2v) is 11.0. The molecule has 4 nitrogen and oxygen atoms in total. The van der Waals surface area contributed by atoms with Gasteiger partial charge in [0.1, 0.15) is 0 Å². The quantitative estimate of drug-likeness (QED) is 0.220. The number of hydrogen-bond acceptors (Lipinski definition) is 2. The molecule has 0 radical (unpaired) electrons. The normalized spacial score (nSPS) is 13.2. The molecule has 8 aromatic rings. The summed E-state index contributed by atoms with van der Waals surface area (Å²) in [7, 11) is 2.13. The maximum atomic E-state index is 4.65. The third-order valence-electron chi connectivity index (χ3n) is 8.68. The fourth-order valence-electron chi connectivity index (χ4n) is 6.81. The molecule has 1 aliphatic heterocycles. The zero-order valence-corrected chi connectivity index (χ0v) is 22.6. The number of fused-ring (bicyclic) bond motifs is 9. The summed E-state index contributed by atoms with van der Waals surface area (Å²) >= 11 is 0. The van der Waals surface area contributed by atoms with Gasteiger partial charge in [0, 0.05) is 46.2 Å². The lowest BCUT2D eigenvalue weighted by Gasteiger charge is -2.23. The first-order chi connectivity index (χ1) is 20.3. The van der Waals surface area contributed by atoms with E-state index in [2.05, 4.69) is 147 Å². The number of para-hydroxylation sites is 2. The Bertz CT molecular complexity index is 2350. The van der Waals surface area contributed by atoms with Crippen molar-refractivity contribution in [2.75, 3.05) is 18.5 Å². The number of benzene rings is 6. The van der Waals surface area contributed by atoms with Crippen molar-refractivity contribution in [3.05, 3.63) is 121 Å². The van der Waals surface area contributed by atoms with E-state index in [1.807, 2.05) is 6.21 Å². The van der Waals surface area contributed by atoms with Gasteiger partial charge in [-0.3, -0.25) is 4.99 Å². The molecule has 6 aromatic carbocycles. The molecule has 0 aliphatic carbocycles. The van der Waals surface area contributed by atoms with Crippen molar-refractivity contribution in [1.29, 1.82) is 0 Å². The smallest absolute Gasteiger partial charge is 0.0861 e. The summed E-state index contributed by atoms with van der Waals surface area (Å²) in [4.78, 5) is 6.91. The topological polar surface area (TPSA) is 25.5 Å². The molecule has 0 unspecified atom stereocenters. The van der Waals surface area contributed by atoms with Crippen molar-refractivity contribution in [3.63, 3.8) is 0 Å². The summed E-state index contributed by atoms with van der Waals surface area (Å²) in [6.45, 7) is 0.815. The van der Waals surface area contributed by atoms with Gasteiger partial charge < -0.3 is 14.0 Å². The van der Waals surface area contributed by atoms with Crippen LogP contribution in [0.25, 0.3) is 65.8 Å². The van der Waals surface area contributed by atoms with Gasteiger partial charge in [0.05, 0.1) is 40.0 Å². The van der Waals surface area contributed by atoms with Gasteiger partial charge >= 0.3 is 0 Å². The molecule has 0 saturated carbocycles. The molecule has 0 fully saturated rings. The van der Waals surface area contributed by atoms with Gasteiger partial charge in [0.15, 0.2) is 0 Å². The van der Waals surface area contributed by atoms with E-state index in [1.165, 1.54) is 54.4 Å². The highest BCUT2D eigenvalue weighted by Crippen LogP contribution is 2.42. The summed E-state index contributed by atoms with van der Waals surface area (Å²) in [6, 6.07) is 44.2. The van der Waals surface area contributed by atoms with Crippen LogP contribution in [0.1, 0.15) is 0 Å². The van der Waals surface area contributed by atoms with Crippen LogP contribution in [0.15, 0.2) is 126 Å². The minimum atomic E-state index is 0.815. The Morgan fingerprint density at radius 3 is 2.20 bits per heavy atom. The van der Waals surface area contributed by atoms with Crippen LogP contribution in [0.3, 0.4) is 0 Å². The first-order valence-corrected chi connectivity index (χ1v) is 14.1. The number of rotatable bonds is 2. The average molecular weight is 527 g/mol. The fraction of sp³-hybridized carbons (Fsp3) is 0.0541. The van der Waals surface area contributed by atoms with Crippen molar-refractivity contribution < 1.29 is 0 Å². The van der Waals surface area contributed by atoms with Gasteiger partial charge in [0.25, 0.3) is 0 Å². The molecule has 1 aliphatic rings. The Balaban J connectivity index is 1.46. The third-order valence-corrected chi connectivity index (χ3v) is 8.68. The van der Waals surface area contributed by atoms with Crippen LogP contribution < -0.4 is 4.90 Å². The minimum absolute atomic E-state index is 0.815. The molecule has 0 saturated heterocycles. The molecule has 0 atom stereocenters. The predicted octanol–water partition coefficient (Wildman–Crippen LogP) is 9.19. The lowest BCUT2D eigenvalue weighted by molar-refractivity contribution is 1.04. The molecular weight excluding hydrogens is 500 g/mol. The number of nitrogens with zero attached hydrogens (tertiary/aromatic N) is 4. The molecule has 3 heterocycles. The van der Waals surface area contributed by atoms with E-state index >= 15 is 0 Å². The van der Waals surface area contributed by atoms with Crippen molar-refractivity contribution in [2.45, 2.75) is 0 Å². The average Bonchev–Trinajstić information content (AvgIpc) is 3.53. The standard InChI is InChI=1S/C37H26N4/c1-39-20-19-38-31-17-16-26(21-36(31)39)41-32-14-8-7-13-28(32)29-22-30-35(23-34(29)41)40(25-10-3-2-4-11-25)33-18-15-24-9-5-6-12-27(24)37(30)33/h2-19,21-23H,20H2,1H3. The van der Waals surface area contributed by atoms with Gasteiger partial charge in [-0.1, -0.05) is 66.7 Å². The predicted molar refractivity (Wildman–Crippen MR) is 174 cm³/mol. The SMILES string of the molecule is CN1CC=Nc2ccc(-n3c4ccccc4c4cc5c6c7ccccc7ccc6n(-c6ccccc6)c5cc43)cc21. The monoisotopic (exact) mass is 526 g/mol. The van der Waals surface area contributed by atoms with Gasteiger partial charge in [-0.2, -0.15) is 0 Å². The Morgan fingerprint density at radius 2 is 1.29 bits per heavy atom. The first-order valence-electron chi connectivity index (χ1n) is 14.1. The van der Waals surface area contributed by atoms with Gasteiger partial charge in [-0.05, 0) is 65.4 Å². The maximum absolute atomic E-state index is 4.65. The molecule has 0 amide bonds. The Morgan fingerprint density at radius 1 is 0.537 bits per heavy atom. The van der Waals surface area contributed by atoms with E-state index in [0.29, 0.717) is 0 Å². The number of aliphatic imine (C=N–C) groups is 1. The van der Waals surface area contributed by atoms with E-state index < -0.39 is 0 Å². The second kappa shape index (κ2) is 8.33. The van der Waals surface area contributed by atoms with E-state index in [1.54, 1.807) is 0 Å². The molecule has 0 spiro atoms. The summed E-state index contributed by atoms with van der Waals surface area (Å²) in [5.41, 5.74) is 9.32. The van der Waals surface area contributed by atoms with Crippen molar-refractivity contribution in [1.82, 2.24) is 9.13 Å². The summed E-state index contributed by atoms with van der Waals surface area (Å²) in [6.07, 6.45) is 1.98. The highest BCUT2D eigenvalue weighted by molar-refractivity contribution is 6.25. The molecule has 4 heteroatoms. The molecule has 9 rings (SSSR count). The zero-order valence-electron chi connectivity index (χ0n) is 22.6. The largest absolute Gasteiger partial charge is 0.368 e. The second-order valence-electron chi connectivity index (χ2n) is 11.0. The maximum Gasteiger partial charge on any atom is 0.0861 e. The van der Waals surface area contributed by atoms with Crippen LogP contribution >= 0.6 is 0 Å². The van der Waals surface area contributed by atoms with Crippen LogP contribution in [0.5, 0.6) is 0 Å². The molecule has 41 heavy (non-hydrogen) atoms. The molecule has 2 aromatic heterocycles. The first kappa shape index (κ1) is 22.5. The van der Waals surface area contributed by atoms with Crippen molar-refractivity contribution in [3.8, 4) is 11.4 Å². The molecule has 0 N–H and O–H groups in total. The van der Waals surface area contributed by atoms with Crippen molar-refractivity contribution >= 4 is 72.0 Å². The number of aromatic nitrogens is 2. The molecular formula is C37H26N4. The number of hydrogen-bond donors (Lipinski definition) is 0. The summed E-state index contributed by atoms with van der Waals surface area (Å²) in [5, 5.41) is 7.64.